The minimum absolute atomic E-state index is 0.123. The highest BCUT2D eigenvalue weighted by Gasteiger charge is 2.47. The molecular weight excluding hydrogens is 302 g/mol. The minimum atomic E-state index is -0.123. The SMILES string of the molecule is CN1CCCC(c2ccccc2)C1(c1ccccc1)c1ccccc1. The lowest BCUT2D eigenvalue weighted by Gasteiger charge is -2.52. The molecule has 1 nitrogen and oxygen atoms in total. The summed E-state index contributed by atoms with van der Waals surface area (Å²) < 4.78 is 0. The number of hydrogen-bond donors (Lipinski definition) is 0. The zero-order chi connectivity index (χ0) is 17.1. The molecule has 0 aromatic heterocycles. The van der Waals surface area contributed by atoms with Gasteiger partial charge in [0.05, 0.1) is 5.54 Å². The summed E-state index contributed by atoms with van der Waals surface area (Å²) in [6.07, 6.45) is 2.44. The molecule has 1 fully saturated rings. The Morgan fingerprint density at radius 1 is 0.720 bits per heavy atom. The Labute approximate surface area is 150 Å². The molecule has 126 valence electrons. The molecule has 1 saturated heterocycles. The molecule has 4 rings (SSSR count). The first kappa shape index (κ1) is 16.1. The van der Waals surface area contributed by atoms with E-state index in [1.54, 1.807) is 0 Å². The van der Waals surface area contributed by atoms with Crippen molar-refractivity contribution in [3.8, 4) is 0 Å². The molecule has 0 radical (unpaired) electrons. The van der Waals surface area contributed by atoms with Crippen molar-refractivity contribution in [1.82, 2.24) is 4.90 Å². The standard InChI is InChI=1S/C24H25N/c1-25-19-11-18-23(20-12-5-2-6-13-20)24(25,21-14-7-3-8-15-21)22-16-9-4-10-17-22/h2-10,12-17,23H,11,18-19H2,1H3. The fourth-order valence-corrected chi connectivity index (χ4v) is 4.67. The fraction of sp³-hybridized carbons (Fsp3) is 0.250. The minimum Gasteiger partial charge on any atom is -0.292 e. The normalized spacial score (nSPS) is 20.3. The average molecular weight is 327 g/mol. The molecule has 0 aliphatic carbocycles. The van der Waals surface area contributed by atoms with Gasteiger partial charge in [-0.3, -0.25) is 4.90 Å². The first-order chi connectivity index (χ1) is 12.3. The summed E-state index contributed by atoms with van der Waals surface area (Å²) in [4.78, 5) is 2.57. The van der Waals surface area contributed by atoms with Crippen LogP contribution in [0.2, 0.25) is 0 Å². The van der Waals surface area contributed by atoms with Crippen molar-refractivity contribution in [2.45, 2.75) is 24.3 Å². The van der Waals surface area contributed by atoms with Gasteiger partial charge in [0.15, 0.2) is 0 Å². The first-order valence-corrected chi connectivity index (χ1v) is 9.20. The van der Waals surface area contributed by atoms with E-state index in [4.69, 9.17) is 0 Å². The van der Waals surface area contributed by atoms with Crippen molar-refractivity contribution in [3.63, 3.8) is 0 Å². The van der Waals surface area contributed by atoms with Crippen LogP contribution in [-0.4, -0.2) is 18.5 Å². The molecule has 1 unspecified atom stereocenters. The molecule has 3 aromatic carbocycles. The maximum atomic E-state index is 2.57. The van der Waals surface area contributed by atoms with Gasteiger partial charge in [-0.1, -0.05) is 91.0 Å². The molecule has 0 saturated carbocycles. The van der Waals surface area contributed by atoms with Crippen LogP contribution in [-0.2, 0) is 5.54 Å². The zero-order valence-corrected chi connectivity index (χ0v) is 14.8. The molecule has 1 heterocycles. The van der Waals surface area contributed by atoms with Gasteiger partial charge in [-0.2, -0.15) is 0 Å². The number of rotatable bonds is 3. The predicted molar refractivity (Wildman–Crippen MR) is 105 cm³/mol. The second-order valence-corrected chi connectivity index (χ2v) is 7.03. The Morgan fingerprint density at radius 2 is 1.20 bits per heavy atom. The van der Waals surface area contributed by atoms with Gasteiger partial charge in [-0.25, -0.2) is 0 Å². The zero-order valence-electron chi connectivity index (χ0n) is 14.8. The lowest BCUT2D eigenvalue weighted by Crippen LogP contribution is -2.52. The number of likely N-dealkylation sites (N-methyl/N-ethyl adjacent to an activating group) is 1. The van der Waals surface area contributed by atoms with Crippen molar-refractivity contribution in [1.29, 1.82) is 0 Å². The molecule has 0 N–H and O–H groups in total. The van der Waals surface area contributed by atoms with Gasteiger partial charge in [0.1, 0.15) is 0 Å². The average Bonchev–Trinajstić information content (AvgIpc) is 2.70. The van der Waals surface area contributed by atoms with Crippen molar-refractivity contribution >= 4 is 0 Å². The molecule has 3 aromatic rings. The van der Waals surface area contributed by atoms with E-state index >= 15 is 0 Å². The smallest absolute Gasteiger partial charge is 0.0782 e. The van der Waals surface area contributed by atoms with Gasteiger partial charge in [0.25, 0.3) is 0 Å². The lowest BCUT2D eigenvalue weighted by molar-refractivity contribution is 0.0829. The highest BCUT2D eigenvalue weighted by molar-refractivity contribution is 5.45. The molecule has 0 bridgehead atoms. The topological polar surface area (TPSA) is 3.24 Å². The van der Waals surface area contributed by atoms with E-state index in [9.17, 15) is 0 Å². The monoisotopic (exact) mass is 327 g/mol. The third kappa shape index (κ3) is 2.69. The molecular formula is C24H25N. The number of piperidine rings is 1. The van der Waals surface area contributed by atoms with Crippen LogP contribution in [0.15, 0.2) is 91.0 Å². The largest absolute Gasteiger partial charge is 0.292 e. The van der Waals surface area contributed by atoms with Crippen LogP contribution in [0.1, 0.15) is 35.4 Å². The fourth-order valence-electron chi connectivity index (χ4n) is 4.67. The summed E-state index contributed by atoms with van der Waals surface area (Å²) in [5.41, 5.74) is 4.08. The molecule has 25 heavy (non-hydrogen) atoms. The quantitative estimate of drug-likeness (QED) is 0.619. The summed E-state index contributed by atoms with van der Waals surface area (Å²) in [7, 11) is 2.29. The number of hydrogen-bond acceptors (Lipinski definition) is 1. The maximum Gasteiger partial charge on any atom is 0.0782 e. The van der Waals surface area contributed by atoms with Crippen molar-refractivity contribution in [3.05, 3.63) is 108 Å². The number of likely N-dealkylation sites (tertiary alicyclic amines) is 1. The van der Waals surface area contributed by atoms with Crippen LogP contribution in [0.5, 0.6) is 0 Å². The van der Waals surface area contributed by atoms with Gasteiger partial charge in [-0.15, -0.1) is 0 Å². The van der Waals surface area contributed by atoms with E-state index in [0.717, 1.165) is 6.54 Å². The predicted octanol–water partition coefficient (Wildman–Crippen LogP) is 5.44. The van der Waals surface area contributed by atoms with Crippen molar-refractivity contribution in [2.24, 2.45) is 0 Å². The van der Waals surface area contributed by atoms with E-state index in [0.29, 0.717) is 5.92 Å². The third-order valence-electron chi connectivity index (χ3n) is 5.72. The highest BCUT2D eigenvalue weighted by atomic mass is 15.2. The van der Waals surface area contributed by atoms with Crippen LogP contribution < -0.4 is 0 Å². The Balaban J connectivity index is 1.99. The van der Waals surface area contributed by atoms with Crippen LogP contribution >= 0.6 is 0 Å². The molecule has 0 amide bonds. The van der Waals surface area contributed by atoms with Gasteiger partial charge < -0.3 is 0 Å². The van der Waals surface area contributed by atoms with E-state index in [2.05, 4.69) is 103 Å². The van der Waals surface area contributed by atoms with Crippen LogP contribution in [0, 0.1) is 0 Å². The van der Waals surface area contributed by atoms with Crippen molar-refractivity contribution in [2.75, 3.05) is 13.6 Å². The van der Waals surface area contributed by atoms with Gasteiger partial charge in [0, 0.05) is 5.92 Å². The molecule has 1 atom stereocenters. The molecule has 1 heteroatoms. The highest BCUT2D eigenvalue weighted by Crippen LogP contribution is 2.51. The van der Waals surface area contributed by atoms with E-state index in [1.807, 2.05) is 0 Å². The van der Waals surface area contributed by atoms with E-state index in [1.165, 1.54) is 29.5 Å². The number of nitrogens with zero attached hydrogens (tertiary/aromatic N) is 1. The van der Waals surface area contributed by atoms with Gasteiger partial charge >= 0.3 is 0 Å². The lowest BCUT2D eigenvalue weighted by atomic mass is 9.65. The van der Waals surface area contributed by atoms with E-state index in [-0.39, 0.29) is 5.54 Å². The Morgan fingerprint density at radius 3 is 1.72 bits per heavy atom. The summed E-state index contributed by atoms with van der Waals surface area (Å²) in [6.45, 7) is 1.12. The van der Waals surface area contributed by atoms with Gasteiger partial charge in [-0.05, 0) is 43.1 Å². The summed E-state index contributed by atoms with van der Waals surface area (Å²) in [5.74, 6) is 0.442. The summed E-state index contributed by atoms with van der Waals surface area (Å²) in [6, 6.07) is 33.1. The van der Waals surface area contributed by atoms with E-state index < -0.39 is 0 Å². The van der Waals surface area contributed by atoms with Crippen LogP contribution in [0.25, 0.3) is 0 Å². The second kappa shape index (κ2) is 6.85. The summed E-state index contributed by atoms with van der Waals surface area (Å²) in [5, 5.41) is 0. The van der Waals surface area contributed by atoms with Crippen molar-refractivity contribution < 1.29 is 0 Å². The number of benzene rings is 3. The third-order valence-corrected chi connectivity index (χ3v) is 5.72. The van der Waals surface area contributed by atoms with Gasteiger partial charge in [0.2, 0.25) is 0 Å². The molecule has 0 spiro atoms. The van der Waals surface area contributed by atoms with Crippen LogP contribution in [0.3, 0.4) is 0 Å². The first-order valence-electron chi connectivity index (χ1n) is 9.20. The van der Waals surface area contributed by atoms with Crippen LogP contribution in [0.4, 0.5) is 0 Å². The second-order valence-electron chi connectivity index (χ2n) is 7.03. The molecule has 1 aliphatic heterocycles. The Kier molecular flexibility index (Phi) is 4.42. The molecule has 1 aliphatic rings. The maximum absolute atomic E-state index is 2.57. The Bertz CT molecular complexity index is 756. The summed E-state index contributed by atoms with van der Waals surface area (Å²) >= 11 is 0. The Hall–Kier alpha value is -2.38.